The highest BCUT2D eigenvalue weighted by Gasteiger charge is 2.45. The summed E-state index contributed by atoms with van der Waals surface area (Å²) in [6.07, 6.45) is 5.70. The van der Waals surface area contributed by atoms with Crippen LogP contribution in [-0.4, -0.2) is 72.4 Å². The Morgan fingerprint density at radius 1 is 0.486 bits per heavy atom. The van der Waals surface area contributed by atoms with Gasteiger partial charge in [0, 0.05) is 73.2 Å². The Morgan fingerprint density at radius 3 is 1.22 bits per heavy atom. The second-order valence-corrected chi connectivity index (χ2v) is 21.1. The lowest BCUT2D eigenvalue weighted by molar-refractivity contribution is 0.0303. The van der Waals surface area contributed by atoms with Crippen molar-refractivity contribution in [3.8, 4) is 0 Å². The monoisotopic (exact) mass is 964 g/mol. The van der Waals surface area contributed by atoms with Crippen LogP contribution in [0, 0.1) is 27.7 Å². The number of carbonyl (C=O) groups is 2. The van der Waals surface area contributed by atoms with Crippen molar-refractivity contribution >= 4 is 34.8 Å². The molecule has 8 bridgehead atoms. The summed E-state index contributed by atoms with van der Waals surface area (Å²) >= 11 is 0. The molecule has 368 valence electrons. The van der Waals surface area contributed by atoms with Crippen LogP contribution in [0.15, 0.2) is 84.9 Å². The van der Waals surface area contributed by atoms with Crippen molar-refractivity contribution in [3.05, 3.63) is 174 Å². The van der Waals surface area contributed by atoms with Crippen LogP contribution in [-0.2, 0) is 32.0 Å². The summed E-state index contributed by atoms with van der Waals surface area (Å²) in [7, 11) is 0. The third kappa shape index (κ3) is 7.78. The molecule has 2 amide bonds. The number of hydrogen-bond donors (Lipinski definition) is 4. The van der Waals surface area contributed by atoms with Gasteiger partial charge in [-0.2, -0.15) is 0 Å². The van der Waals surface area contributed by atoms with Crippen LogP contribution in [0.3, 0.4) is 0 Å². The highest BCUT2D eigenvalue weighted by Crippen LogP contribution is 2.56. The zero-order chi connectivity index (χ0) is 49.1. The summed E-state index contributed by atoms with van der Waals surface area (Å²) in [6, 6.07) is 29.1. The number of nitrogen functional groups attached to an aromatic ring is 2. The van der Waals surface area contributed by atoms with Gasteiger partial charge < -0.3 is 50.8 Å². The van der Waals surface area contributed by atoms with Crippen molar-refractivity contribution < 1.29 is 28.5 Å². The highest BCUT2D eigenvalue weighted by atomic mass is 16.5. The van der Waals surface area contributed by atoms with Crippen LogP contribution in [0.1, 0.15) is 149 Å². The lowest BCUT2D eigenvalue weighted by atomic mass is 9.85. The van der Waals surface area contributed by atoms with Gasteiger partial charge in [0.1, 0.15) is 36.1 Å². The van der Waals surface area contributed by atoms with Crippen LogP contribution in [0.4, 0.5) is 23.0 Å². The van der Waals surface area contributed by atoms with Gasteiger partial charge in [-0.25, -0.2) is 9.97 Å². The third-order valence-electron chi connectivity index (χ3n) is 16.5. The number of carbonyl (C=O) groups excluding carboxylic acids is 2. The molecule has 8 unspecified atom stereocenters. The molecule has 4 fully saturated rings. The molecule has 8 aliphatic heterocycles. The maximum Gasteiger partial charge on any atom is 0.251 e. The number of anilines is 4. The molecule has 72 heavy (non-hydrogen) atoms. The van der Waals surface area contributed by atoms with Crippen molar-refractivity contribution in [1.29, 1.82) is 0 Å². The van der Waals surface area contributed by atoms with E-state index in [1.165, 1.54) is 46.5 Å². The molecule has 4 aromatic carbocycles. The Kier molecular flexibility index (Phi) is 10.9. The van der Waals surface area contributed by atoms with Gasteiger partial charge in [0.05, 0.1) is 24.4 Å². The molecule has 4 saturated heterocycles. The fourth-order valence-electron chi connectivity index (χ4n) is 12.8. The normalized spacial score (nSPS) is 25.1. The predicted octanol–water partition coefficient (Wildman–Crippen LogP) is 8.20. The molecule has 0 aliphatic carbocycles. The summed E-state index contributed by atoms with van der Waals surface area (Å²) < 4.78 is 24.9. The second-order valence-electron chi connectivity index (χ2n) is 21.1. The molecule has 14 rings (SSSR count). The number of nitrogens with zero attached hydrogens (tertiary/aromatic N) is 4. The zero-order valence-corrected chi connectivity index (χ0v) is 41.2. The standard InChI is InChI=1S/2C29H30N4O3/c1-15-9-26(30)32-16(2)25(15)12-31-29(34)17-3-7-21-23(10-17)27-22-8-4-18(11-24(22)28(21)36-27)33-13-19-5-6-20(14-33)35-19;1-15-9-26(30)32-16(2)25(15)12-31-29(34)17-3-7-21-23(10-17)28-24-11-18(4-8-22(24)27(21)36-28)33-13-19-5-6-20(14-33)35-19/h2*3-4,7-11,19-20,27-28H,5-6,12-14H2,1-2H3,(H2,30,32)(H,31,34). The van der Waals surface area contributed by atoms with Crippen LogP contribution < -0.4 is 31.9 Å². The lowest BCUT2D eigenvalue weighted by Gasteiger charge is -2.34. The van der Waals surface area contributed by atoms with Crippen molar-refractivity contribution in [2.45, 2.75) is 115 Å². The number of benzene rings is 4. The Labute approximate surface area is 419 Å². The third-order valence-corrected chi connectivity index (χ3v) is 16.5. The van der Waals surface area contributed by atoms with Gasteiger partial charge >= 0.3 is 0 Å². The smallest absolute Gasteiger partial charge is 0.251 e. The molecule has 0 saturated carbocycles. The molecule has 8 aliphatic rings. The summed E-state index contributed by atoms with van der Waals surface area (Å²) in [6.45, 7) is 12.5. The quantitative estimate of drug-likeness (QED) is 0.115. The number of nitrogens with two attached hydrogens (primary N) is 2. The topological polar surface area (TPSA) is 179 Å². The van der Waals surface area contributed by atoms with Crippen LogP contribution in [0.5, 0.6) is 0 Å². The maximum atomic E-state index is 13.1. The first-order valence-electron chi connectivity index (χ1n) is 25.6. The fraction of sp³-hybridized carbons (Fsp3) is 0.379. The minimum Gasteiger partial charge on any atom is -0.384 e. The number of pyridine rings is 2. The number of rotatable bonds is 8. The molecule has 6 aromatic rings. The molecule has 14 heteroatoms. The number of hydrogen-bond acceptors (Lipinski definition) is 12. The van der Waals surface area contributed by atoms with E-state index in [9.17, 15) is 9.59 Å². The van der Waals surface area contributed by atoms with Crippen LogP contribution in [0.2, 0.25) is 0 Å². The Morgan fingerprint density at radius 2 is 0.833 bits per heavy atom. The van der Waals surface area contributed by atoms with Crippen molar-refractivity contribution in [1.82, 2.24) is 20.6 Å². The van der Waals surface area contributed by atoms with E-state index in [2.05, 4.69) is 72.9 Å². The summed E-state index contributed by atoms with van der Waals surface area (Å²) in [5.41, 5.74) is 30.6. The molecular formula is C58H60N8O6. The first-order valence-corrected chi connectivity index (χ1v) is 25.6. The number of ether oxygens (including phenoxy) is 4. The first-order chi connectivity index (χ1) is 34.9. The molecule has 2 aromatic heterocycles. The van der Waals surface area contributed by atoms with Gasteiger partial charge in [0.15, 0.2) is 0 Å². The van der Waals surface area contributed by atoms with Gasteiger partial charge in [-0.3, -0.25) is 9.59 Å². The minimum atomic E-state index is -0.128. The number of aromatic nitrogens is 2. The average Bonchev–Trinajstić information content (AvgIpc) is 4.24. The van der Waals surface area contributed by atoms with E-state index >= 15 is 0 Å². The highest BCUT2D eigenvalue weighted by molar-refractivity contribution is 5.95. The van der Waals surface area contributed by atoms with Crippen molar-refractivity contribution in [3.63, 3.8) is 0 Å². The molecule has 0 radical (unpaired) electrons. The van der Waals surface area contributed by atoms with Gasteiger partial charge in [0.25, 0.3) is 11.8 Å². The van der Waals surface area contributed by atoms with Gasteiger partial charge in [-0.15, -0.1) is 0 Å². The summed E-state index contributed by atoms with van der Waals surface area (Å²) in [4.78, 5) is 39.7. The van der Waals surface area contributed by atoms with Crippen LogP contribution in [0.25, 0.3) is 0 Å². The molecule has 0 spiro atoms. The van der Waals surface area contributed by atoms with E-state index in [1.807, 2.05) is 70.2 Å². The van der Waals surface area contributed by atoms with E-state index in [-0.39, 0.29) is 36.2 Å². The Bertz CT molecular complexity index is 3160. The number of amides is 2. The van der Waals surface area contributed by atoms with E-state index < -0.39 is 0 Å². The predicted molar refractivity (Wildman–Crippen MR) is 274 cm³/mol. The van der Waals surface area contributed by atoms with Gasteiger partial charge in [-0.05, 0) is 181 Å². The SMILES string of the molecule is Cc1cc(N)nc(C)c1CNC(=O)c1ccc2c(c1)C1OC2c2cc(N3CC4CCC(C3)O4)ccc21.Cc1cc(N)nc(C)c1CNC(=O)c1ccc2c(c1)C1OC2c2ccc(N3CC4CCC(C3)O4)cc21. The van der Waals surface area contributed by atoms with Crippen molar-refractivity contribution in [2.75, 3.05) is 47.4 Å². The van der Waals surface area contributed by atoms with Crippen LogP contribution >= 0.6 is 0 Å². The zero-order valence-electron chi connectivity index (χ0n) is 41.2. The lowest BCUT2D eigenvalue weighted by Crippen LogP contribution is -2.42. The Balaban J connectivity index is 0.000000140. The van der Waals surface area contributed by atoms with E-state index in [0.717, 1.165) is 94.9 Å². The first kappa shape index (κ1) is 45.1. The summed E-state index contributed by atoms with van der Waals surface area (Å²) in [5.74, 6) is 0.791. The number of morpholine rings is 2. The largest absolute Gasteiger partial charge is 0.384 e. The number of fused-ring (bicyclic) bond motifs is 20. The maximum absolute atomic E-state index is 13.1. The second kappa shape index (κ2) is 17.4. The molecule has 8 atom stereocenters. The van der Waals surface area contributed by atoms with E-state index in [1.54, 1.807) is 0 Å². The van der Waals surface area contributed by atoms with Gasteiger partial charge in [0.2, 0.25) is 0 Å². The molecule has 10 heterocycles. The van der Waals surface area contributed by atoms with E-state index in [0.29, 0.717) is 60.3 Å². The fourth-order valence-corrected chi connectivity index (χ4v) is 12.8. The van der Waals surface area contributed by atoms with E-state index in [4.69, 9.17) is 30.4 Å². The Hall–Kier alpha value is -6.84. The molecule has 14 nitrogen and oxygen atoms in total. The number of aryl methyl sites for hydroxylation is 4. The molecule has 6 N–H and O–H groups in total. The summed E-state index contributed by atoms with van der Waals surface area (Å²) in [5, 5.41) is 6.11. The van der Waals surface area contributed by atoms with Gasteiger partial charge in [-0.1, -0.05) is 24.3 Å². The average molecular weight is 965 g/mol. The molecular weight excluding hydrogens is 905 g/mol. The minimum absolute atomic E-state index is 0.0572. The number of nitrogens with one attached hydrogen (secondary N) is 2. The van der Waals surface area contributed by atoms with Crippen molar-refractivity contribution in [2.24, 2.45) is 0 Å².